The van der Waals surface area contributed by atoms with Crippen LogP contribution in [0.1, 0.15) is 25.3 Å². The Balaban J connectivity index is 1.62. The minimum atomic E-state index is -0.366. The monoisotopic (exact) mass is 360 g/mol. The number of esters is 2. The highest BCUT2D eigenvalue weighted by molar-refractivity contribution is 5.89. The molecule has 0 spiro atoms. The lowest BCUT2D eigenvalue weighted by Gasteiger charge is -2.34. The van der Waals surface area contributed by atoms with Gasteiger partial charge in [-0.1, -0.05) is 6.07 Å². The van der Waals surface area contributed by atoms with Crippen LogP contribution in [0.3, 0.4) is 0 Å². The Morgan fingerprint density at radius 2 is 2.00 bits per heavy atom. The maximum Gasteiger partial charge on any atom is 0.331 e. The first kappa shape index (κ1) is 18.2. The fourth-order valence-corrected chi connectivity index (χ4v) is 3.39. The largest absolute Gasteiger partial charge is 0.466 e. The molecule has 0 radical (unpaired) electrons. The van der Waals surface area contributed by atoms with Crippen LogP contribution in [-0.4, -0.2) is 55.5 Å². The molecule has 0 aromatic heterocycles. The molecule has 1 fully saturated rings. The van der Waals surface area contributed by atoms with Gasteiger partial charge in [-0.2, -0.15) is 0 Å². The number of ether oxygens (including phenoxy) is 2. The molecule has 0 N–H and O–H groups in total. The SMILES string of the molecule is CCOC(=O)C1CCN(C(=O)CN2CC(=O)Oc3ccc(C)cc32)CC1. The number of rotatable bonds is 4. The number of piperidine rings is 1. The van der Waals surface area contributed by atoms with Gasteiger partial charge in [0.05, 0.1) is 24.8 Å². The van der Waals surface area contributed by atoms with Gasteiger partial charge >= 0.3 is 11.9 Å². The number of fused-ring (bicyclic) bond motifs is 1. The summed E-state index contributed by atoms with van der Waals surface area (Å²) in [5.74, 6) is -0.236. The molecule has 1 aromatic rings. The number of hydrogen-bond acceptors (Lipinski definition) is 6. The molecule has 1 amide bonds. The van der Waals surface area contributed by atoms with Crippen molar-refractivity contribution in [1.82, 2.24) is 4.90 Å². The Bertz CT molecular complexity index is 710. The number of amides is 1. The van der Waals surface area contributed by atoms with Crippen molar-refractivity contribution < 1.29 is 23.9 Å². The van der Waals surface area contributed by atoms with Crippen LogP contribution in [0.15, 0.2) is 18.2 Å². The topological polar surface area (TPSA) is 76.2 Å². The van der Waals surface area contributed by atoms with E-state index in [1.54, 1.807) is 22.8 Å². The van der Waals surface area contributed by atoms with E-state index in [0.29, 0.717) is 38.3 Å². The molecular weight excluding hydrogens is 336 g/mol. The fourth-order valence-electron chi connectivity index (χ4n) is 3.39. The summed E-state index contributed by atoms with van der Waals surface area (Å²) in [6.45, 7) is 5.36. The normalized spacial score (nSPS) is 17.5. The predicted molar refractivity (Wildman–Crippen MR) is 95.0 cm³/mol. The van der Waals surface area contributed by atoms with Crippen LogP contribution in [0.2, 0.25) is 0 Å². The Hall–Kier alpha value is -2.57. The summed E-state index contributed by atoms with van der Waals surface area (Å²) < 4.78 is 10.3. The van der Waals surface area contributed by atoms with Gasteiger partial charge < -0.3 is 19.3 Å². The number of likely N-dealkylation sites (tertiary alicyclic amines) is 1. The molecule has 2 heterocycles. The molecule has 0 saturated carbocycles. The first-order valence-corrected chi connectivity index (χ1v) is 8.98. The zero-order chi connectivity index (χ0) is 18.7. The lowest BCUT2D eigenvalue weighted by atomic mass is 9.97. The molecule has 0 bridgehead atoms. The summed E-state index contributed by atoms with van der Waals surface area (Å²) in [4.78, 5) is 39.8. The standard InChI is InChI=1S/C19H24N2O5/c1-3-25-19(24)14-6-8-20(9-7-14)17(22)11-21-12-18(23)26-16-5-4-13(2)10-15(16)21/h4-5,10,14H,3,6-9,11-12H2,1-2H3. The van der Waals surface area contributed by atoms with Crippen molar-refractivity contribution in [3.8, 4) is 5.75 Å². The molecule has 2 aliphatic heterocycles. The molecule has 7 nitrogen and oxygen atoms in total. The van der Waals surface area contributed by atoms with Crippen molar-refractivity contribution in [2.75, 3.05) is 37.7 Å². The average molecular weight is 360 g/mol. The van der Waals surface area contributed by atoms with Gasteiger partial charge in [0.2, 0.25) is 5.91 Å². The number of aryl methyl sites for hydroxylation is 1. The molecule has 2 aliphatic rings. The van der Waals surface area contributed by atoms with Gasteiger partial charge in [0.15, 0.2) is 5.75 Å². The summed E-state index contributed by atoms with van der Waals surface area (Å²) in [5.41, 5.74) is 1.80. The van der Waals surface area contributed by atoms with E-state index in [0.717, 1.165) is 11.3 Å². The maximum absolute atomic E-state index is 12.7. The van der Waals surface area contributed by atoms with Gasteiger partial charge in [-0.05, 0) is 44.4 Å². The summed E-state index contributed by atoms with van der Waals surface area (Å²) in [7, 11) is 0. The van der Waals surface area contributed by atoms with Crippen LogP contribution in [-0.2, 0) is 19.1 Å². The molecule has 1 aromatic carbocycles. The summed E-state index contributed by atoms with van der Waals surface area (Å²) in [6.07, 6.45) is 1.23. The minimum absolute atomic E-state index is 0.0468. The number of nitrogens with zero attached hydrogens (tertiary/aromatic N) is 2. The number of carbonyl (C=O) groups excluding carboxylic acids is 3. The van der Waals surface area contributed by atoms with E-state index in [4.69, 9.17) is 9.47 Å². The van der Waals surface area contributed by atoms with Crippen LogP contribution in [0, 0.1) is 12.8 Å². The van der Waals surface area contributed by atoms with Crippen molar-refractivity contribution in [2.24, 2.45) is 5.92 Å². The predicted octanol–water partition coefficient (Wildman–Crippen LogP) is 1.52. The van der Waals surface area contributed by atoms with Crippen LogP contribution >= 0.6 is 0 Å². The van der Waals surface area contributed by atoms with Crippen LogP contribution in [0.5, 0.6) is 5.75 Å². The number of anilines is 1. The third-order valence-electron chi connectivity index (χ3n) is 4.79. The van der Waals surface area contributed by atoms with E-state index in [9.17, 15) is 14.4 Å². The Morgan fingerprint density at radius 1 is 1.27 bits per heavy atom. The van der Waals surface area contributed by atoms with Crippen molar-refractivity contribution in [3.63, 3.8) is 0 Å². The molecule has 140 valence electrons. The second kappa shape index (κ2) is 7.76. The summed E-state index contributed by atoms with van der Waals surface area (Å²) in [6, 6.07) is 5.55. The van der Waals surface area contributed by atoms with Gasteiger partial charge in [-0.3, -0.25) is 9.59 Å². The van der Waals surface area contributed by atoms with E-state index < -0.39 is 0 Å². The number of benzene rings is 1. The van der Waals surface area contributed by atoms with Gasteiger partial charge in [0.1, 0.15) is 6.54 Å². The van der Waals surface area contributed by atoms with E-state index in [1.165, 1.54) is 0 Å². The Morgan fingerprint density at radius 3 is 2.69 bits per heavy atom. The quantitative estimate of drug-likeness (QED) is 0.599. The van der Waals surface area contributed by atoms with Gasteiger partial charge in [0.25, 0.3) is 0 Å². The highest BCUT2D eigenvalue weighted by Crippen LogP contribution is 2.32. The Labute approximate surface area is 152 Å². The molecule has 0 aliphatic carbocycles. The average Bonchev–Trinajstić information content (AvgIpc) is 2.62. The van der Waals surface area contributed by atoms with Crippen molar-refractivity contribution >= 4 is 23.5 Å². The highest BCUT2D eigenvalue weighted by Gasteiger charge is 2.31. The van der Waals surface area contributed by atoms with E-state index in [-0.39, 0.29) is 36.9 Å². The zero-order valence-corrected chi connectivity index (χ0v) is 15.2. The highest BCUT2D eigenvalue weighted by atomic mass is 16.5. The summed E-state index contributed by atoms with van der Waals surface area (Å²) >= 11 is 0. The molecule has 26 heavy (non-hydrogen) atoms. The van der Waals surface area contributed by atoms with Gasteiger partial charge in [0, 0.05) is 13.1 Å². The van der Waals surface area contributed by atoms with Gasteiger partial charge in [-0.25, -0.2) is 4.79 Å². The second-order valence-corrected chi connectivity index (χ2v) is 6.71. The second-order valence-electron chi connectivity index (χ2n) is 6.71. The molecule has 0 unspecified atom stereocenters. The van der Waals surface area contributed by atoms with Crippen molar-refractivity contribution in [2.45, 2.75) is 26.7 Å². The minimum Gasteiger partial charge on any atom is -0.466 e. The smallest absolute Gasteiger partial charge is 0.331 e. The van der Waals surface area contributed by atoms with Crippen LogP contribution in [0.4, 0.5) is 5.69 Å². The molecule has 7 heteroatoms. The first-order valence-electron chi connectivity index (χ1n) is 8.98. The third-order valence-corrected chi connectivity index (χ3v) is 4.79. The number of carbonyl (C=O) groups is 3. The molecule has 0 atom stereocenters. The first-order chi connectivity index (χ1) is 12.5. The molecule has 1 saturated heterocycles. The van der Waals surface area contributed by atoms with Crippen LogP contribution in [0.25, 0.3) is 0 Å². The molecular formula is C19H24N2O5. The van der Waals surface area contributed by atoms with Crippen molar-refractivity contribution in [1.29, 1.82) is 0 Å². The fraction of sp³-hybridized carbons (Fsp3) is 0.526. The maximum atomic E-state index is 12.7. The van der Waals surface area contributed by atoms with Crippen LogP contribution < -0.4 is 9.64 Å². The summed E-state index contributed by atoms with van der Waals surface area (Å²) in [5, 5.41) is 0. The zero-order valence-electron chi connectivity index (χ0n) is 15.2. The lowest BCUT2D eigenvalue weighted by Crippen LogP contribution is -2.47. The van der Waals surface area contributed by atoms with E-state index in [1.807, 2.05) is 19.1 Å². The van der Waals surface area contributed by atoms with E-state index >= 15 is 0 Å². The van der Waals surface area contributed by atoms with Gasteiger partial charge in [-0.15, -0.1) is 0 Å². The molecule has 3 rings (SSSR count). The third kappa shape index (κ3) is 3.98. The van der Waals surface area contributed by atoms with E-state index in [2.05, 4.69) is 0 Å². The lowest BCUT2D eigenvalue weighted by molar-refractivity contribution is -0.151. The number of hydrogen-bond donors (Lipinski definition) is 0. The Kier molecular flexibility index (Phi) is 5.44. The van der Waals surface area contributed by atoms with Crippen molar-refractivity contribution in [3.05, 3.63) is 23.8 Å².